The summed E-state index contributed by atoms with van der Waals surface area (Å²) in [7, 11) is 0. The number of hydrogen-bond donors (Lipinski definition) is 1. The molecule has 1 atom stereocenters. The summed E-state index contributed by atoms with van der Waals surface area (Å²) >= 11 is 15.6. The summed E-state index contributed by atoms with van der Waals surface area (Å²) in [6.07, 6.45) is 0.321. The minimum Gasteiger partial charge on any atom is -0.364 e. The predicted molar refractivity (Wildman–Crippen MR) is 122 cm³/mol. The lowest BCUT2D eigenvalue weighted by molar-refractivity contribution is -0.142. The quantitative estimate of drug-likeness (QED) is 0.338. The number of amides is 1. The van der Waals surface area contributed by atoms with E-state index in [4.69, 9.17) is 23.2 Å². The normalized spacial score (nSPS) is 12.8. The van der Waals surface area contributed by atoms with E-state index in [0.29, 0.717) is 16.9 Å². The molecule has 0 aliphatic carbocycles. The molecule has 3 rings (SSSR count). The fraction of sp³-hybridized carbons (Fsp3) is 0.130. The number of carbonyl (C=O) groups excluding carboxylic acids is 2. The summed E-state index contributed by atoms with van der Waals surface area (Å²) < 4.78 is 0.814. The van der Waals surface area contributed by atoms with Gasteiger partial charge in [0.15, 0.2) is 6.29 Å². The van der Waals surface area contributed by atoms with Crippen LogP contribution < -0.4 is 0 Å². The van der Waals surface area contributed by atoms with Crippen LogP contribution in [-0.4, -0.2) is 27.9 Å². The van der Waals surface area contributed by atoms with Gasteiger partial charge in [-0.3, -0.25) is 14.5 Å². The molecule has 0 aliphatic rings. The van der Waals surface area contributed by atoms with Crippen LogP contribution in [0.15, 0.2) is 77.3 Å². The van der Waals surface area contributed by atoms with E-state index in [9.17, 15) is 14.7 Å². The maximum atomic E-state index is 13.4. The van der Waals surface area contributed by atoms with Crippen molar-refractivity contribution in [3.8, 4) is 0 Å². The third kappa shape index (κ3) is 5.29. The monoisotopic (exact) mass is 505 g/mol. The molecule has 0 aromatic heterocycles. The van der Waals surface area contributed by atoms with Crippen molar-refractivity contribution in [3.63, 3.8) is 0 Å². The molecule has 0 fully saturated rings. The van der Waals surface area contributed by atoms with Crippen LogP contribution >= 0.6 is 39.1 Å². The van der Waals surface area contributed by atoms with Crippen molar-refractivity contribution < 1.29 is 14.7 Å². The molecular weight excluding hydrogens is 489 g/mol. The molecule has 154 valence electrons. The Balaban J connectivity index is 2.05. The number of aldehydes is 1. The Hall–Kier alpha value is -2.18. The molecule has 0 radical (unpaired) electrons. The molecule has 0 unspecified atom stereocenters. The van der Waals surface area contributed by atoms with Crippen LogP contribution in [0, 0.1) is 0 Å². The van der Waals surface area contributed by atoms with E-state index in [0.717, 1.165) is 14.9 Å². The standard InChI is InChI=1S/C23H18BrCl2NO3/c24-18-8-4-7-17(11-18)14-27(22(29)20-10-9-19(25)12-21(20)26)23(30,15-28)13-16-5-2-1-3-6-16/h1-12,15,30H,13-14H2/t23-/m1/s1. The largest absolute Gasteiger partial charge is 0.364 e. The number of benzene rings is 3. The lowest BCUT2D eigenvalue weighted by Gasteiger charge is -2.36. The molecule has 0 saturated heterocycles. The van der Waals surface area contributed by atoms with Crippen LogP contribution in [0.1, 0.15) is 21.5 Å². The molecule has 3 aromatic rings. The van der Waals surface area contributed by atoms with Crippen molar-refractivity contribution in [1.82, 2.24) is 4.90 Å². The molecule has 1 N–H and O–H groups in total. The first-order valence-electron chi connectivity index (χ1n) is 9.06. The highest BCUT2D eigenvalue weighted by molar-refractivity contribution is 9.10. The van der Waals surface area contributed by atoms with Gasteiger partial charge in [-0.25, -0.2) is 0 Å². The fourth-order valence-corrected chi connectivity index (χ4v) is 4.04. The van der Waals surface area contributed by atoms with Crippen molar-refractivity contribution in [2.75, 3.05) is 0 Å². The summed E-state index contributed by atoms with van der Waals surface area (Å²) in [6.45, 7) is -0.000692. The smallest absolute Gasteiger partial charge is 0.258 e. The Morgan fingerprint density at radius 2 is 1.70 bits per heavy atom. The van der Waals surface area contributed by atoms with E-state index in [-0.39, 0.29) is 23.6 Å². The Labute approximate surface area is 193 Å². The van der Waals surface area contributed by atoms with Gasteiger partial charge in [0.1, 0.15) is 0 Å². The summed E-state index contributed by atoms with van der Waals surface area (Å²) in [5, 5.41) is 11.8. The van der Waals surface area contributed by atoms with Crippen molar-refractivity contribution in [2.45, 2.75) is 18.7 Å². The van der Waals surface area contributed by atoms with Crippen LogP contribution in [0.25, 0.3) is 0 Å². The number of rotatable bonds is 7. The first-order valence-corrected chi connectivity index (χ1v) is 10.6. The van der Waals surface area contributed by atoms with Crippen molar-refractivity contribution in [1.29, 1.82) is 0 Å². The van der Waals surface area contributed by atoms with Gasteiger partial charge in [0.2, 0.25) is 5.72 Å². The lowest BCUT2D eigenvalue weighted by Crippen LogP contribution is -2.54. The highest BCUT2D eigenvalue weighted by atomic mass is 79.9. The average Bonchev–Trinajstić information content (AvgIpc) is 2.72. The number of carbonyl (C=O) groups is 2. The topological polar surface area (TPSA) is 57.6 Å². The zero-order chi connectivity index (χ0) is 21.7. The van der Waals surface area contributed by atoms with Crippen LogP contribution in [0.5, 0.6) is 0 Å². The molecule has 3 aromatic carbocycles. The molecule has 1 amide bonds. The van der Waals surface area contributed by atoms with Gasteiger partial charge in [-0.05, 0) is 41.5 Å². The maximum absolute atomic E-state index is 13.4. The summed E-state index contributed by atoms with van der Waals surface area (Å²) in [6, 6.07) is 20.8. The van der Waals surface area contributed by atoms with Gasteiger partial charge in [-0.2, -0.15) is 0 Å². The van der Waals surface area contributed by atoms with E-state index in [1.54, 1.807) is 24.3 Å². The molecule has 4 nitrogen and oxygen atoms in total. The molecule has 7 heteroatoms. The van der Waals surface area contributed by atoms with Crippen LogP contribution in [0.2, 0.25) is 10.0 Å². The van der Waals surface area contributed by atoms with E-state index in [1.165, 1.54) is 18.2 Å². The second-order valence-electron chi connectivity index (χ2n) is 6.80. The van der Waals surface area contributed by atoms with Gasteiger partial charge >= 0.3 is 0 Å². The van der Waals surface area contributed by atoms with Gasteiger partial charge in [-0.1, -0.05) is 81.6 Å². The zero-order valence-electron chi connectivity index (χ0n) is 15.8. The van der Waals surface area contributed by atoms with Gasteiger partial charge < -0.3 is 5.11 Å². The lowest BCUT2D eigenvalue weighted by atomic mass is 10.00. The molecule has 30 heavy (non-hydrogen) atoms. The van der Waals surface area contributed by atoms with E-state index in [1.807, 2.05) is 30.3 Å². The number of aliphatic hydroxyl groups is 1. The van der Waals surface area contributed by atoms with Gasteiger partial charge in [0.05, 0.1) is 10.6 Å². The van der Waals surface area contributed by atoms with Crippen molar-refractivity contribution in [3.05, 3.63) is 104 Å². The van der Waals surface area contributed by atoms with Crippen molar-refractivity contribution in [2.24, 2.45) is 0 Å². The van der Waals surface area contributed by atoms with E-state index in [2.05, 4.69) is 15.9 Å². The van der Waals surface area contributed by atoms with Gasteiger partial charge in [0, 0.05) is 22.5 Å². The highest BCUT2D eigenvalue weighted by Gasteiger charge is 2.39. The maximum Gasteiger partial charge on any atom is 0.258 e. The Morgan fingerprint density at radius 3 is 2.33 bits per heavy atom. The van der Waals surface area contributed by atoms with E-state index >= 15 is 0 Å². The first-order chi connectivity index (χ1) is 14.3. The second-order valence-corrected chi connectivity index (χ2v) is 8.56. The molecule has 0 bridgehead atoms. The fourth-order valence-electron chi connectivity index (χ4n) is 3.11. The summed E-state index contributed by atoms with van der Waals surface area (Å²) in [5.74, 6) is -0.581. The van der Waals surface area contributed by atoms with Crippen molar-refractivity contribution >= 4 is 51.3 Å². The Bertz CT molecular complexity index is 1060. The molecule has 0 saturated carbocycles. The van der Waals surface area contributed by atoms with Crippen LogP contribution in [0.4, 0.5) is 0 Å². The minimum absolute atomic E-state index is 0.000692. The Kier molecular flexibility index (Phi) is 7.32. The van der Waals surface area contributed by atoms with Crippen LogP contribution in [0.3, 0.4) is 0 Å². The van der Waals surface area contributed by atoms with Gasteiger partial charge in [0.25, 0.3) is 5.91 Å². The first kappa shape index (κ1) is 22.5. The van der Waals surface area contributed by atoms with Crippen LogP contribution in [-0.2, 0) is 17.8 Å². The number of nitrogens with zero attached hydrogens (tertiary/aromatic N) is 1. The van der Waals surface area contributed by atoms with Gasteiger partial charge in [-0.15, -0.1) is 0 Å². The second kappa shape index (κ2) is 9.75. The third-order valence-corrected chi connectivity index (χ3v) is 5.64. The summed E-state index contributed by atoms with van der Waals surface area (Å²) in [5.41, 5.74) is -0.495. The third-order valence-electron chi connectivity index (χ3n) is 4.60. The summed E-state index contributed by atoms with van der Waals surface area (Å²) in [4.78, 5) is 26.7. The SMILES string of the molecule is O=C[C@](O)(Cc1ccccc1)N(Cc1cccc(Br)c1)C(=O)c1ccc(Cl)cc1Cl. The molecule has 0 spiro atoms. The predicted octanol–water partition coefficient (Wildman–Crippen LogP) is 5.53. The number of hydrogen-bond acceptors (Lipinski definition) is 3. The minimum atomic E-state index is -2.08. The molecule has 0 aliphatic heterocycles. The average molecular weight is 507 g/mol. The zero-order valence-corrected chi connectivity index (χ0v) is 18.9. The Morgan fingerprint density at radius 1 is 1.00 bits per heavy atom. The van der Waals surface area contributed by atoms with E-state index < -0.39 is 11.6 Å². The molecular formula is C23H18BrCl2NO3. The number of halogens is 3. The highest BCUT2D eigenvalue weighted by Crippen LogP contribution is 2.28. The molecule has 0 heterocycles.